The van der Waals surface area contributed by atoms with E-state index in [1.807, 2.05) is 0 Å². The molecule has 0 radical (unpaired) electrons. The van der Waals surface area contributed by atoms with Gasteiger partial charge < -0.3 is 14.8 Å². The molecule has 1 fully saturated rings. The molecule has 0 aromatic heterocycles. The Morgan fingerprint density at radius 1 is 1.29 bits per heavy atom. The molecule has 0 saturated carbocycles. The van der Waals surface area contributed by atoms with Gasteiger partial charge in [-0.25, -0.2) is 0 Å². The van der Waals surface area contributed by atoms with Crippen molar-refractivity contribution in [3.05, 3.63) is 28.2 Å². The molecule has 3 atom stereocenters. The summed E-state index contributed by atoms with van der Waals surface area (Å²) in [6, 6.07) is 6.78. The molecule has 2 aliphatic heterocycles. The molecule has 3 rings (SSSR count). The van der Waals surface area contributed by atoms with Crippen molar-refractivity contribution in [3.8, 4) is 5.75 Å². The topological polar surface area (TPSA) is 30.5 Å². The molecule has 2 heterocycles. The predicted octanol–water partition coefficient (Wildman–Crippen LogP) is 4.07. The van der Waals surface area contributed by atoms with Gasteiger partial charge in [-0.1, -0.05) is 28.9 Å². The van der Waals surface area contributed by atoms with Gasteiger partial charge in [0, 0.05) is 29.2 Å². The fraction of sp³-hybridized carbons (Fsp3) is 0.647. The lowest BCUT2D eigenvalue weighted by Crippen LogP contribution is -2.31. The molecule has 3 unspecified atom stereocenters. The fourth-order valence-electron chi connectivity index (χ4n) is 3.43. The van der Waals surface area contributed by atoms with E-state index in [0.29, 0.717) is 18.1 Å². The Kier molecular flexibility index (Phi) is 5.19. The molecular formula is C17H24BrNO2. The highest BCUT2D eigenvalue weighted by Crippen LogP contribution is 2.34. The third-order valence-corrected chi connectivity index (χ3v) is 5.11. The molecule has 116 valence electrons. The van der Waals surface area contributed by atoms with Crippen molar-refractivity contribution in [2.24, 2.45) is 5.92 Å². The molecule has 4 heteroatoms. The molecule has 21 heavy (non-hydrogen) atoms. The Morgan fingerprint density at radius 2 is 2.19 bits per heavy atom. The van der Waals surface area contributed by atoms with E-state index in [-0.39, 0.29) is 0 Å². The Hall–Kier alpha value is -0.580. The second-order valence-electron chi connectivity index (χ2n) is 6.00. The summed E-state index contributed by atoms with van der Waals surface area (Å²) in [5, 5.41) is 3.77. The van der Waals surface area contributed by atoms with Gasteiger partial charge in [-0.2, -0.15) is 0 Å². The van der Waals surface area contributed by atoms with Gasteiger partial charge in [-0.05, 0) is 43.7 Å². The second kappa shape index (κ2) is 7.12. The molecule has 0 aliphatic carbocycles. The summed E-state index contributed by atoms with van der Waals surface area (Å²) in [6.07, 6.45) is 4.97. The maximum Gasteiger partial charge on any atom is 0.125 e. The van der Waals surface area contributed by atoms with Crippen molar-refractivity contribution in [3.63, 3.8) is 0 Å². The van der Waals surface area contributed by atoms with Crippen molar-refractivity contribution in [2.45, 2.75) is 44.8 Å². The number of fused-ring (bicyclic) bond motifs is 1. The monoisotopic (exact) mass is 353 g/mol. The normalized spacial score (nSPS) is 28.8. The number of hydrogen-bond donors (Lipinski definition) is 1. The van der Waals surface area contributed by atoms with Crippen LogP contribution in [0, 0.1) is 5.92 Å². The highest BCUT2D eigenvalue weighted by molar-refractivity contribution is 9.10. The Morgan fingerprint density at radius 3 is 3.05 bits per heavy atom. The molecule has 0 amide bonds. The van der Waals surface area contributed by atoms with E-state index in [1.54, 1.807) is 0 Å². The number of halogens is 1. The van der Waals surface area contributed by atoms with Crippen LogP contribution in [0.3, 0.4) is 0 Å². The van der Waals surface area contributed by atoms with Crippen molar-refractivity contribution >= 4 is 15.9 Å². The van der Waals surface area contributed by atoms with Gasteiger partial charge in [0.05, 0.1) is 12.7 Å². The summed E-state index contributed by atoms with van der Waals surface area (Å²) < 4.78 is 12.8. The third kappa shape index (κ3) is 3.61. The smallest absolute Gasteiger partial charge is 0.125 e. The zero-order chi connectivity index (χ0) is 14.7. The van der Waals surface area contributed by atoms with Crippen molar-refractivity contribution in [1.82, 2.24) is 5.32 Å². The largest absolute Gasteiger partial charge is 0.493 e. The minimum Gasteiger partial charge on any atom is -0.493 e. The van der Waals surface area contributed by atoms with Crippen LogP contribution in [0.5, 0.6) is 5.75 Å². The predicted molar refractivity (Wildman–Crippen MR) is 87.8 cm³/mol. The maximum absolute atomic E-state index is 5.88. The van der Waals surface area contributed by atoms with Crippen LogP contribution in [0.2, 0.25) is 0 Å². The summed E-state index contributed by atoms with van der Waals surface area (Å²) in [4.78, 5) is 0. The minimum atomic E-state index is 0.397. The molecule has 0 spiro atoms. The number of rotatable bonds is 4. The highest BCUT2D eigenvalue weighted by Gasteiger charge is 2.28. The van der Waals surface area contributed by atoms with E-state index in [4.69, 9.17) is 9.47 Å². The molecular weight excluding hydrogens is 330 g/mol. The van der Waals surface area contributed by atoms with E-state index in [0.717, 1.165) is 49.2 Å². The summed E-state index contributed by atoms with van der Waals surface area (Å²) in [6.45, 7) is 4.99. The van der Waals surface area contributed by atoms with Gasteiger partial charge >= 0.3 is 0 Å². The molecule has 1 N–H and O–H groups in total. The van der Waals surface area contributed by atoms with Crippen LogP contribution in [0.1, 0.15) is 44.2 Å². The van der Waals surface area contributed by atoms with Gasteiger partial charge in [0.15, 0.2) is 0 Å². The van der Waals surface area contributed by atoms with Gasteiger partial charge in [0.1, 0.15) is 5.75 Å². The van der Waals surface area contributed by atoms with Gasteiger partial charge in [-0.3, -0.25) is 0 Å². The molecule has 1 aromatic carbocycles. The number of nitrogens with one attached hydrogen (secondary N) is 1. The lowest BCUT2D eigenvalue weighted by Gasteiger charge is -2.23. The molecule has 1 saturated heterocycles. The van der Waals surface area contributed by atoms with Crippen LogP contribution in [-0.2, 0) is 4.74 Å². The number of hydrogen-bond acceptors (Lipinski definition) is 3. The highest BCUT2D eigenvalue weighted by atomic mass is 79.9. The van der Waals surface area contributed by atoms with Crippen LogP contribution in [-0.4, -0.2) is 25.9 Å². The SMILES string of the molecule is CCC1OCCC1CNC1CCCOc2cc(Br)ccc21. The van der Waals surface area contributed by atoms with Crippen LogP contribution in [0.4, 0.5) is 0 Å². The second-order valence-corrected chi connectivity index (χ2v) is 6.92. The summed E-state index contributed by atoms with van der Waals surface area (Å²) in [7, 11) is 0. The zero-order valence-corrected chi connectivity index (χ0v) is 14.2. The zero-order valence-electron chi connectivity index (χ0n) is 12.6. The van der Waals surface area contributed by atoms with Crippen molar-refractivity contribution < 1.29 is 9.47 Å². The first-order valence-electron chi connectivity index (χ1n) is 8.05. The first-order valence-corrected chi connectivity index (χ1v) is 8.84. The molecule has 1 aromatic rings. The average Bonchev–Trinajstić information content (AvgIpc) is 2.85. The quantitative estimate of drug-likeness (QED) is 0.884. The standard InChI is InChI=1S/C17H24BrNO2/c1-2-16-12(7-9-21-16)11-19-15-4-3-8-20-17-10-13(18)5-6-14(15)17/h5-6,10,12,15-16,19H,2-4,7-9,11H2,1H3. The lowest BCUT2D eigenvalue weighted by atomic mass is 9.97. The first-order chi connectivity index (χ1) is 10.3. The molecule has 0 bridgehead atoms. The Balaban J connectivity index is 1.68. The maximum atomic E-state index is 5.88. The minimum absolute atomic E-state index is 0.397. The van der Waals surface area contributed by atoms with E-state index in [1.165, 1.54) is 12.0 Å². The van der Waals surface area contributed by atoms with Crippen molar-refractivity contribution in [2.75, 3.05) is 19.8 Å². The van der Waals surface area contributed by atoms with Gasteiger partial charge in [-0.15, -0.1) is 0 Å². The fourth-order valence-corrected chi connectivity index (χ4v) is 3.77. The third-order valence-electron chi connectivity index (χ3n) is 4.62. The lowest BCUT2D eigenvalue weighted by molar-refractivity contribution is 0.0865. The van der Waals surface area contributed by atoms with Crippen LogP contribution in [0.15, 0.2) is 22.7 Å². The summed E-state index contributed by atoms with van der Waals surface area (Å²) in [5.74, 6) is 1.67. The summed E-state index contributed by atoms with van der Waals surface area (Å²) in [5.41, 5.74) is 1.29. The van der Waals surface area contributed by atoms with Crippen LogP contribution < -0.4 is 10.1 Å². The van der Waals surface area contributed by atoms with E-state index in [2.05, 4.69) is 46.4 Å². The Bertz CT molecular complexity index is 480. The average molecular weight is 354 g/mol. The Labute approximate surface area is 135 Å². The van der Waals surface area contributed by atoms with E-state index in [9.17, 15) is 0 Å². The van der Waals surface area contributed by atoms with E-state index < -0.39 is 0 Å². The number of benzene rings is 1. The van der Waals surface area contributed by atoms with Crippen LogP contribution in [0.25, 0.3) is 0 Å². The van der Waals surface area contributed by atoms with Crippen LogP contribution >= 0.6 is 15.9 Å². The molecule has 2 aliphatic rings. The summed E-state index contributed by atoms with van der Waals surface area (Å²) >= 11 is 3.53. The van der Waals surface area contributed by atoms with Gasteiger partial charge in [0.2, 0.25) is 0 Å². The van der Waals surface area contributed by atoms with Gasteiger partial charge in [0.25, 0.3) is 0 Å². The molecule has 3 nitrogen and oxygen atoms in total. The van der Waals surface area contributed by atoms with E-state index >= 15 is 0 Å². The van der Waals surface area contributed by atoms with Crippen molar-refractivity contribution in [1.29, 1.82) is 0 Å². The number of ether oxygens (including phenoxy) is 2. The first kappa shape index (κ1) is 15.3.